The lowest BCUT2D eigenvalue weighted by atomic mass is 10.2. The molecule has 3 rings (SSSR count). The van der Waals surface area contributed by atoms with Crippen molar-refractivity contribution in [2.24, 2.45) is 0 Å². The molecule has 0 saturated carbocycles. The molecule has 1 aliphatic rings. The zero-order chi connectivity index (χ0) is 16.9. The van der Waals surface area contributed by atoms with Gasteiger partial charge in [0.15, 0.2) is 0 Å². The van der Waals surface area contributed by atoms with E-state index in [-0.39, 0.29) is 11.8 Å². The molecule has 2 amide bonds. The summed E-state index contributed by atoms with van der Waals surface area (Å²) in [6.07, 6.45) is 3.55. The first kappa shape index (κ1) is 16.3. The second-order valence-electron chi connectivity index (χ2n) is 5.33. The van der Waals surface area contributed by atoms with Crippen LogP contribution >= 0.6 is 11.8 Å². The summed E-state index contributed by atoms with van der Waals surface area (Å²) in [6, 6.07) is 11.1. The molecule has 0 aliphatic carbocycles. The molecule has 124 valence electrons. The summed E-state index contributed by atoms with van der Waals surface area (Å²) in [6.45, 7) is 1.65. The van der Waals surface area contributed by atoms with Crippen molar-refractivity contribution in [1.82, 2.24) is 10.3 Å². The van der Waals surface area contributed by atoms with E-state index >= 15 is 0 Å². The van der Waals surface area contributed by atoms with Crippen molar-refractivity contribution in [2.75, 3.05) is 36.1 Å². The molecule has 1 fully saturated rings. The normalized spacial score (nSPS) is 14.2. The predicted octanol–water partition coefficient (Wildman–Crippen LogP) is 1.99. The standard InChI is InChI=1S/C17H18N4O2S/c1-24-14-5-3-2-4-13(14)17(23)20-12-6-7-15(19-10-12)21-9-8-18-16(22)11-21/h2-7,10H,8-9,11H2,1H3,(H,18,22)(H,20,23). The Hall–Kier alpha value is -2.54. The number of aromatic nitrogens is 1. The van der Waals surface area contributed by atoms with Gasteiger partial charge in [0.1, 0.15) is 5.82 Å². The Bertz CT molecular complexity index is 749. The number of carbonyl (C=O) groups excluding carboxylic acids is 2. The number of piperazine rings is 1. The van der Waals surface area contributed by atoms with Gasteiger partial charge in [-0.05, 0) is 30.5 Å². The van der Waals surface area contributed by atoms with Gasteiger partial charge in [0, 0.05) is 18.0 Å². The topological polar surface area (TPSA) is 74.3 Å². The van der Waals surface area contributed by atoms with Gasteiger partial charge in [0.05, 0.1) is 24.0 Å². The predicted molar refractivity (Wildman–Crippen MR) is 95.6 cm³/mol. The van der Waals surface area contributed by atoms with E-state index in [2.05, 4.69) is 15.6 Å². The van der Waals surface area contributed by atoms with Crippen LogP contribution in [0.15, 0.2) is 47.5 Å². The van der Waals surface area contributed by atoms with Crippen LogP contribution in [0.2, 0.25) is 0 Å². The van der Waals surface area contributed by atoms with Crippen LogP contribution in [0.3, 0.4) is 0 Å². The highest BCUT2D eigenvalue weighted by molar-refractivity contribution is 7.98. The molecule has 0 spiro atoms. The minimum atomic E-state index is -0.160. The number of rotatable bonds is 4. The third kappa shape index (κ3) is 3.68. The number of nitrogens with zero attached hydrogens (tertiary/aromatic N) is 2. The van der Waals surface area contributed by atoms with Crippen LogP contribution in [0.4, 0.5) is 11.5 Å². The summed E-state index contributed by atoms with van der Waals surface area (Å²) >= 11 is 1.53. The molecule has 2 heterocycles. The number of hydrogen-bond donors (Lipinski definition) is 2. The molecular formula is C17H18N4O2S. The molecule has 0 radical (unpaired) electrons. The fourth-order valence-corrected chi connectivity index (χ4v) is 3.11. The van der Waals surface area contributed by atoms with Gasteiger partial charge >= 0.3 is 0 Å². The highest BCUT2D eigenvalue weighted by atomic mass is 32.2. The Kier molecular flexibility index (Phi) is 5.00. The highest BCUT2D eigenvalue weighted by Gasteiger charge is 2.17. The fraction of sp³-hybridized carbons (Fsp3) is 0.235. The lowest BCUT2D eigenvalue weighted by molar-refractivity contribution is -0.120. The van der Waals surface area contributed by atoms with Gasteiger partial charge in [-0.15, -0.1) is 11.8 Å². The summed E-state index contributed by atoms with van der Waals surface area (Å²) in [5.74, 6) is 0.563. The van der Waals surface area contributed by atoms with Gasteiger partial charge in [-0.3, -0.25) is 9.59 Å². The van der Waals surface area contributed by atoms with Crippen molar-refractivity contribution in [3.63, 3.8) is 0 Å². The molecule has 2 aromatic rings. The maximum Gasteiger partial charge on any atom is 0.256 e. The maximum atomic E-state index is 12.4. The molecule has 1 aromatic carbocycles. The van der Waals surface area contributed by atoms with Crippen molar-refractivity contribution in [3.05, 3.63) is 48.2 Å². The summed E-state index contributed by atoms with van der Waals surface area (Å²) in [5, 5.41) is 5.64. The number of pyridine rings is 1. The molecule has 1 aromatic heterocycles. The number of hydrogen-bond acceptors (Lipinski definition) is 5. The third-order valence-corrected chi connectivity index (χ3v) is 4.52. The molecular weight excluding hydrogens is 324 g/mol. The van der Waals surface area contributed by atoms with Gasteiger partial charge < -0.3 is 15.5 Å². The van der Waals surface area contributed by atoms with E-state index in [1.807, 2.05) is 35.4 Å². The van der Waals surface area contributed by atoms with E-state index < -0.39 is 0 Å². The van der Waals surface area contributed by atoms with Crippen molar-refractivity contribution in [2.45, 2.75) is 4.90 Å². The van der Waals surface area contributed by atoms with E-state index in [1.54, 1.807) is 18.3 Å². The molecule has 1 saturated heterocycles. The quantitative estimate of drug-likeness (QED) is 0.831. The first-order valence-corrected chi connectivity index (χ1v) is 8.82. The number of nitrogens with one attached hydrogen (secondary N) is 2. The number of carbonyl (C=O) groups is 2. The Balaban J connectivity index is 1.70. The van der Waals surface area contributed by atoms with E-state index in [4.69, 9.17) is 0 Å². The van der Waals surface area contributed by atoms with E-state index in [9.17, 15) is 9.59 Å². The van der Waals surface area contributed by atoms with E-state index in [0.717, 1.165) is 17.3 Å². The van der Waals surface area contributed by atoms with Gasteiger partial charge in [-0.25, -0.2) is 4.98 Å². The first-order chi connectivity index (χ1) is 11.7. The Morgan fingerprint density at radius 2 is 2.12 bits per heavy atom. The van der Waals surface area contributed by atoms with Crippen LogP contribution in [0, 0.1) is 0 Å². The van der Waals surface area contributed by atoms with Crippen LogP contribution in [-0.2, 0) is 4.79 Å². The minimum Gasteiger partial charge on any atom is -0.353 e. The second-order valence-corrected chi connectivity index (χ2v) is 6.18. The van der Waals surface area contributed by atoms with Gasteiger partial charge in [-0.1, -0.05) is 12.1 Å². The number of anilines is 2. The number of thioether (sulfide) groups is 1. The van der Waals surface area contributed by atoms with Gasteiger partial charge in [-0.2, -0.15) is 0 Å². The molecule has 7 heteroatoms. The summed E-state index contributed by atoms with van der Waals surface area (Å²) in [7, 11) is 0. The fourth-order valence-electron chi connectivity index (χ4n) is 2.51. The van der Waals surface area contributed by atoms with Gasteiger partial charge in [0.25, 0.3) is 5.91 Å². The highest BCUT2D eigenvalue weighted by Crippen LogP contribution is 2.21. The smallest absolute Gasteiger partial charge is 0.256 e. The second kappa shape index (κ2) is 7.35. The third-order valence-electron chi connectivity index (χ3n) is 3.72. The SMILES string of the molecule is CSc1ccccc1C(=O)Nc1ccc(N2CCNC(=O)C2)nc1. The lowest BCUT2D eigenvalue weighted by Crippen LogP contribution is -2.48. The Labute approximate surface area is 144 Å². The van der Waals surface area contributed by atoms with E-state index in [0.29, 0.717) is 24.3 Å². The number of benzene rings is 1. The largest absolute Gasteiger partial charge is 0.353 e. The van der Waals surface area contributed by atoms with Crippen molar-refractivity contribution >= 4 is 35.1 Å². The lowest BCUT2D eigenvalue weighted by Gasteiger charge is -2.27. The van der Waals surface area contributed by atoms with Crippen LogP contribution in [-0.4, -0.2) is 42.7 Å². The zero-order valence-electron chi connectivity index (χ0n) is 13.3. The van der Waals surface area contributed by atoms with Crippen LogP contribution in [0.1, 0.15) is 10.4 Å². The molecule has 0 unspecified atom stereocenters. The van der Waals surface area contributed by atoms with Crippen LogP contribution in [0.5, 0.6) is 0 Å². The first-order valence-electron chi connectivity index (χ1n) is 7.59. The summed E-state index contributed by atoms with van der Waals surface area (Å²) in [4.78, 5) is 31.0. The number of amides is 2. The Morgan fingerprint density at radius 1 is 1.29 bits per heavy atom. The van der Waals surface area contributed by atoms with Crippen molar-refractivity contribution in [3.8, 4) is 0 Å². The monoisotopic (exact) mass is 342 g/mol. The van der Waals surface area contributed by atoms with Crippen LogP contribution in [0.25, 0.3) is 0 Å². The minimum absolute atomic E-state index is 0.00546. The summed E-state index contributed by atoms with van der Waals surface area (Å²) < 4.78 is 0. The van der Waals surface area contributed by atoms with E-state index in [1.165, 1.54) is 11.8 Å². The van der Waals surface area contributed by atoms with Crippen LogP contribution < -0.4 is 15.5 Å². The van der Waals surface area contributed by atoms with Crippen molar-refractivity contribution < 1.29 is 9.59 Å². The molecule has 0 atom stereocenters. The average Bonchev–Trinajstić information content (AvgIpc) is 2.62. The zero-order valence-corrected chi connectivity index (χ0v) is 14.1. The Morgan fingerprint density at radius 3 is 2.83 bits per heavy atom. The maximum absolute atomic E-state index is 12.4. The molecule has 6 nitrogen and oxygen atoms in total. The van der Waals surface area contributed by atoms with Crippen molar-refractivity contribution in [1.29, 1.82) is 0 Å². The molecule has 1 aliphatic heterocycles. The van der Waals surface area contributed by atoms with Gasteiger partial charge in [0.2, 0.25) is 5.91 Å². The molecule has 2 N–H and O–H groups in total. The average molecular weight is 342 g/mol. The molecule has 24 heavy (non-hydrogen) atoms. The summed E-state index contributed by atoms with van der Waals surface area (Å²) in [5.41, 5.74) is 1.27. The molecule has 0 bridgehead atoms.